The Bertz CT molecular complexity index is 588. The number of nitrogens with zero attached hydrogens (tertiary/aromatic N) is 1. The highest BCUT2D eigenvalue weighted by Crippen LogP contribution is 2.17. The molecule has 0 aliphatic heterocycles. The molecule has 21 heavy (non-hydrogen) atoms. The molecule has 0 aliphatic carbocycles. The molecule has 0 radical (unpaired) electrons. The van der Waals surface area contributed by atoms with Crippen molar-refractivity contribution in [3.63, 3.8) is 0 Å². The minimum atomic E-state index is -0.0742. The Morgan fingerprint density at radius 2 is 1.52 bits per heavy atom. The first kappa shape index (κ1) is 15.1. The number of aromatic hydroxyl groups is 1. The summed E-state index contributed by atoms with van der Waals surface area (Å²) in [5, 5.41) is 9.24. The van der Waals surface area contributed by atoms with Gasteiger partial charge in [-0.15, -0.1) is 0 Å². The summed E-state index contributed by atoms with van der Waals surface area (Å²) in [7, 11) is 3.98. The SMILES string of the molecule is CN(C)CCOc1ccc(C(=O)c2ccc(O)cc2)cc1. The Balaban J connectivity index is 2.01. The van der Waals surface area contributed by atoms with Crippen LogP contribution in [0.15, 0.2) is 48.5 Å². The van der Waals surface area contributed by atoms with E-state index in [0.717, 1.165) is 12.3 Å². The molecule has 110 valence electrons. The van der Waals surface area contributed by atoms with Gasteiger partial charge in [-0.2, -0.15) is 0 Å². The maximum atomic E-state index is 12.2. The zero-order chi connectivity index (χ0) is 15.2. The smallest absolute Gasteiger partial charge is 0.193 e. The van der Waals surface area contributed by atoms with Crippen molar-refractivity contribution in [2.75, 3.05) is 27.2 Å². The maximum absolute atomic E-state index is 12.2. The predicted octanol–water partition coefficient (Wildman–Crippen LogP) is 2.56. The van der Waals surface area contributed by atoms with Crippen LogP contribution < -0.4 is 4.74 Å². The lowest BCUT2D eigenvalue weighted by molar-refractivity contribution is 0.103. The van der Waals surface area contributed by atoms with E-state index in [1.807, 2.05) is 19.0 Å². The highest BCUT2D eigenvalue weighted by atomic mass is 16.5. The molecule has 0 spiro atoms. The summed E-state index contributed by atoms with van der Waals surface area (Å²) in [6.45, 7) is 1.45. The van der Waals surface area contributed by atoms with E-state index in [-0.39, 0.29) is 11.5 Å². The largest absolute Gasteiger partial charge is 0.508 e. The van der Waals surface area contributed by atoms with Crippen LogP contribution in [0.5, 0.6) is 11.5 Å². The van der Waals surface area contributed by atoms with Gasteiger partial charge in [-0.3, -0.25) is 4.79 Å². The number of carbonyl (C=O) groups excluding carboxylic acids is 1. The minimum Gasteiger partial charge on any atom is -0.508 e. The molecule has 2 aromatic carbocycles. The third kappa shape index (κ3) is 4.33. The minimum absolute atomic E-state index is 0.0742. The molecule has 1 N–H and O–H groups in total. The van der Waals surface area contributed by atoms with Gasteiger partial charge in [-0.25, -0.2) is 0 Å². The van der Waals surface area contributed by atoms with Crippen LogP contribution in [0.4, 0.5) is 0 Å². The number of hydrogen-bond acceptors (Lipinski definition) is 4. The summed E-state index contributed by atoms with van der Waals surface area (Å²) in [6.07, 6.45) is 0. The Morgan fingerprint density at radius 3 is 2.05 bits per heavy atom. The van der Waals surface area contributed by atoms with Crippen LogP contribution in [0.25, 0.3) is 0 Å². The van der Waals surface area contributed by atoms with Crippen LogP contribution >= 0.6 is 0 Å². The fraction of sp³-hybridized carbons (Fsp3) is 0.235. The Labute approximate surface area is 124 Å². The van der Waals surface area contributed by atoms with Crippen LogP contribution in [0.2, 0.25) is 0 Å². The van der Waals surface area contributed by atoms with Crippen molar-refractivity contribution in [2.24, 2.45) is 0 Å². The highest BCUT2D eigenvalue weighted by Gasteiger charge is 2.09. The lowest BCUT2D eigenvalue weighted by Crippen LogP contribution is -2.19. The zero-order valence-corrected chi connectivity index (χ0v) is 12.2. The maximum Gasteiger partial charge on any atom is 0.193 e. The van der Waals surface area contributed by atoms with Crippen molar-refractivity contribution in [1.29, 1.82) is 0 Å². The van der Waals surface area contributed by atoms with Crippen LogP contribution in [0.3, 0.4) is 0 Å². The molecule has 0 amide bonds. The standard InChI is InChI=1S/C17H19NO3/c1-18(2)11-12-21-16-9-5-14(6-10-16)17(20)13-3-7-15(19)8-4-13/h3-10,19H,11-12H2,1-2H3. The van der Waals surface area contributed by atoms with Gasteiger partial charge in [0.1, 0.15) is 18.1 Å². The van der Waals surface area contributed by atoms with E-state index >= 15 is 0 Å². The van der Waals surface area contributed by atoms with Gasteiger partial charge in [0.15, 0.2) is 5.78 Å². The first-order valence-corrected chi connectivity index (χ1v) is 6.77. The summed E-state index contributed by atoms with van der Waals surface area (Å²) in [5.41, 5.74) is 1.15. The molecule has 0 saturated carbocycles. The molecule has 2 rings (SSSR count). The number of ether oxygens (including phenoxy) is 1. The molecule has 0 atom stereocenters. The van der Waals surface area contributed by atoms with Gasteiger partial charge in [-0.1, -0.05) is 0 Å². The van der Waals surface area contributed by atoms with Gasteiger partial charge >= 0.3 is 0 Å². The molecule has 0 unspecified atom stereocenters. The third-order valence-electron chi connectivity index (χ3n) is 3.05. The van der Waals surface area contributed by atoms with Crippen molar-refractivity contribution in [1.82, 2.24) is 4.90 Å². The van der Waals surface area contributed by atoms with Crippen molar-refractivity contribution in [3.05, 3.63) is 59.7 Å². The number of carbonyl (C=O) groups is 1. The van der Waals surface area contributed by atoms with Crippen LogP contribution in [0, 0.1) is 0 Å². The average Bonchev–Trinajstić information content (AvgIpc) is 2.48. The molecule has 0 bridgehead atoms. The highest BCUT2D eigenvalue weighted by molar-refractivity contribution is 6.09. The fourth-order valence-corrected chi connectivity index (χ4v) is 1.83. The summed E-state index contributed by atoms with van der Waals surface area (Å²) >= 11 is 0. The number of rotatable bonds is 6. The first-order valence-electron chi connectivity index (χ1n) is 6.77. The third-order valence-corrected chi connectivity index (χ3v) is 3.05. The van der Waals surface area contributed by atoms with Gasteiger partial charge in [0.25, 0.3) is 0 Å². The fourth-order valence-electron chi connectivity index (χ4n) is 1.83. The van der Waals surface area contributed by atoms with Gasteiger partial charge in [0, 0.05) is 17.7 Å². The van der Waals surface area contributed by atoms with E-state index < -0.39 is 0 Å². The number of benzene rings is 2. The zero-order valence-electron chi connectivity index (χ0n) is 12.2. The molecule has 0 aromatic heterocycles. The molecular weight excluding hydrogens is 266 g/mol. The van der Waals surface area contributed by atoms with E-state index in [9.17, 15) is 9.90 Å². The van der Waals surface area contributed by atoms with E-state index in [1.165, 1.54) is 12.1 Å². The van der Waals surface area contributed by atoms with E-state index in [0.29, 0.717) is 17.7 Å². The van der Waals surface area contributed by atoms with Gasteiger partial charge in [0.05, 0.1) is 0 Å². The van der Waals surface area contributed by atoms with Gasteiger partial charge in [-0.05, 0) is 62.6 Å². The average molecular weight is 285 g/mol. The molecule has 0 aliphatic rings. The molecule has 0 fully saturated rings. The lowest BCUT2D eigenvalue weighted by atomic mass is 10.0. The predicted molar refractivity (Wildman–Crippen MR) is 82.0 cm³/mol. The number of phenolic OH excluding ortho intramolecular Hbond substituents is 1. The topological polar surface area (TPSA) is 49.8 Å². The van der Waals surface area contributed by atoms with Crippen molar-refractivity contribution in [3.8, 4) is 11.5 Å². The number of hydrogen-bond donors (Lipinski definition) is 1. The van der Waals surface area contributed by atoms with Gasteiger partial charge in [0.2, 0.25) is 0 Å². The van der Waals surface area contributed by atoms with Crippen molar-refractivity contribution in [2.45, 2.75) is 0 Å². The number of likely N-dealkylation sites (N-methyl/N-ethyl adjacent to an activating group) is 1. The van der Waals surface area contributed by atoms with Crippen molar-refractivity contribution >= 4 is 5.78 Å². The Morgan fingerprint density at radius 1 is 1.00 bits per heavy atom. The second-order valence-electron chi connectivity index (χ2n) is 5.05. The van der Waals surface area contributed by atoms with E-state index in [2.05, 4.69) is 0 Å². The van der Waals surface area contributed by atoms with Gasteiger partial charge < -0.3 is 14.7 Å². The summed E-state index contributed by atoms with van der Waals surface area (Å²) in [5.74, 6) is 0.824. The molecule has 4 nitrogen and oxygen atoms in total. The second-order valence-corrected chi connectivity index (χ2v) is 5.05. The molecule has 4 heteroatoms. The number of ketones is 1. The molecule has 0 heterocycles. The summed E-state index contributed by atoms with van der Waals surface area (Å²) in [6, 6.07) is 13.3. The monoisotopic (exact) mass is 285 g/mol. The lowest BCUT2D eigenvalue weighted by Gasteiger charge is -2.11. The molecule has 2 aromatic rings. The van der Waals surface area contributed by atoms with Crippen LogP contribution in [-0.2, 0) is 0 Å². The summed E-state index contributed by atoms with van der Waals surface area (Å²) in [4.78, 5) is 14.3. The molecule has 0 saturated heterocycles. The van der Waals surface area contributed by atoms with Crippen LogP contribution in [0.1, 0.15) is 15.9 Å². The Hall–Kier alpha value is -2.33. The van der Waals surface area contributed by atoms with Crippen molar-refractivity contribution < 1.29 is 14.6 Å². The number of phenols is 1. The normalized spacial score (nSPS) is 10.6. The quantitative estimate of drug-likeness (QED) is 0.829. The molecular formula is C17H19NO3. The summed E-state index contributed by atoms with van der Waals surface area (Å²) < 4.78 is 5.59. The Kier molecular flexibility index (Phi) is 4.95. The van der Waals surface area contributed by atoms with E-state index in [1.54, 1.807) is 36.4 Å². The van der Waals surface area contributed by atoms with Crippen LogP contribution in [-0.4, -0.2) is 43.0 Å². The first-order chi connectivity index (χ1) is 10.1. The van der Waals surface area contributed by atoms with E-state index in [4.69, 9.17) is 4.74 Å². The second kappa shape index (κ2) is 6.90.